The topological polar surface area (TPSA) is 82.7 Å². The minimum Gasteiger partial charge on any atom is -0.593 e. The molecule has 2 N–H and O–H groups in total. The van der Waals surface area contributed by atoms with Crippen molar-refractivity contribution in [2.24, 2.45) is 0 Å². The van der Waals surface area contributed by atoms with E-state index in [0.717, 1.165) is 58.7 Å². The molecular formula is C29H30N2O4S. The Labute approximate surface area is 214 Å². The summed E-state index contributed by atoms with van der Waals surface area (Å²) in [7, 11) is 0. The SMILES string of the molecule is O=C(Nc1cccc(-c2ccc([S+]([O-])NC3CCCCC3)cc2)c1)C1(c2ccc3c(c2)OCO3)CC1. The van der Waals surface area contributed by atoms with Crippen molar-refractivity contribution in [1.29, 1.82) is 0 Å². The summed E-state index contributed by atoms with van der Waals surface area (Å²) in [6.45, 7) is 0.221. The molecule has 6 nitrogen and oxygen atoms in total. The maximum atomic E-state index is 13.3. The third kappa shape index (κ3) is 4.71. The van der Waals surface area contributed by atoms with Gasteiger partial charge in [0, 0.05) is 5.69 Å². The first-order valence-electron chi connectivity index (χ1n) is 12.7. The van der Waals surface area contributed by atoms with Crippen LogP contribution in [0.1, 0.15) is 50.5 Å². The predicted octanol–water partition coefficient (Wildman–Crippen LogP) is 5.70. The van der Waals surface area contributed by atoms with Gasteiger partial charge in [0.2, 0.25) is 12.7 Å². The number of benzene rings is 3. The number of rotatable bonds is 7. The fourth-order valence-electron chi connectivity index (χ4n) is 5.20. The lowest BCUT2D eigenvalue weighted by atomic mass is 9.94. The molecular weight excluding hydrogens is 472 g/mol. The number of carbonyl (C=O) groups excluding carboxylic acids is 1. The third-order valence-corrected chi connectivity index (χ3v) is 8.76. The van der Waals surface area contributed by atoms with Gasteiger partial charge in [-0.25, -0.2) is 0 Å². The summed E-state index contributed by atoms with van der Waals surface area (Å²) >= 11 is -1.20. The molecule has 1 amide bonds. The smallest absolute Gasteiger partial charge is 0.235 e. The Morgan fingerprint density at radius 2 is 1.67 bits per heavy atom. The number of hydrogen-bond donors (Lipinski definition) is 2. The Hall–Kier alpha value is -3.00. The molecule has 1 unspecified atom stereocenters. The quantitative estimate of drug-likeness (QED) is 0.405. The van der Waals surface area contributed by atoms with E-state index < -0.39 is 16.8 Å². The molecule has 0 spiro atoms. The first kappa shape index (κ1) is 23.4. The summed E-state index contributed by atoms with van der Waals surface area (Å²) in [4.78, 5) is 14.1. The van der Waals surface area contributed by atoms with E-state index in [0.29, 0.717) is 11.8 Å². The molecule has 3 aromatic rings. The van der Waals surface area contributed by atoms with E-state index in [-0.39, 0.29) is 12.7 Å². The van der Waals surface area contributed by atoms with Crippen molar-refractivity contribution in [2.75, 3.05) is 12.1 Å². The zero-order valence-electron chi connectivity index (χ0n) is 20.1. The molecule has 186 valence electrons. The summed E-state index contributed by atoms with van der Waals surface area (Å²) in [5.41, 5.74) is 3.22. The molecule has 1 heterocycles. The lowest BCUT2D eigenvalue weighted by Crippen LogP contribution is -2.36. The largest absolute Gasteiger partial charge is 0.593 e. The van der Waals surface area contributed by atoms with Crippen LogP contribution in [0, 0.1) is 0 Å². The van der Waals surface area contributed by atoms with E-state index in [1.165, 1.54) is 19.3 Å². The third-order valence-electron chi connectivity index (χ3n) is 7.51. The number of nitrogens with one attached hydrogen (secondary N) is 2. The number of anilines is 1. The zero-order valence-corrected chi connectivity index (χ0v) is 20.9. The van der Waals surface area contributed by atoms with Gasteiger partial charge in [-0.3, -0.25) is 4.79 Å². The van der Waals surface area contributed by atoms with Crippen LogP contribution in [0.3, 0.4) is 0 Å². The second-order valence-corrected chi connectivity index (χ2v) is 11.2. The van der Waals surface area contributed by atoms with Gasteiger partial charge in [0.15, 0.2) is 16.4 Å². The van der Waals surface area contributed by atoms with Crippen LogP contribution in [0.5, 0.6) is 11.5 Å². The van der Waals surface area contributed by atoms with Crippen molar-refractivity contribution in [2.45, 2.75) is 61.3 Å². The molecule has 2 fully saturated rings. The highest BCUT2D eigenvalue weighted by Crippen LogP contribution is 2.51. The molecule has 2 aliphatic carbocycles. The molecule has 2 saturated carbocycles. The van der Waals surface area contributed by atoms with E-state index in [2.05, 4.69) is 10.0 Å². The van der Waals surface area contributed by atoms with Crippen molar-refractivity contribution < 1.29 is 18.8 Å². The van der Waals surface area contributed by atoms with Crippen LogP contribution in [-0.4, -0.2) is 23.3 Å². The van der Waals surface area contributed by atoms with Crippen LogP contribution in [0.4, 0.5) is 5.69 Å². The highest BCUT2D eigenvalue weighted by Gasteiger charge is 2.51. The number of hydrogen-bond acceptors (Lipinski definition) is 5. The van der Waals surface area contributed by atoms with Crippen LogP contribution in [0.2, 0.25) is 0 Å². The van der Waals surface area contributed by atoms with Crippen molar-refractivity contribution in [1.82, 2.24) is 4.72 Å². The molecule has 3 aliphatic rings. The van der Waals surface area contributed by atoms with E-state index >= 15 is 0 Å². The standard InChI is InChI=1S/C29H30N2O4S/c32-28(29(15-16-29)22-11-14-26-27(18-22)35-19-34-26)30-24-8-4-5-21(17-24)20-9-12-25(13-10-20)36(33)31-23-6-2-1-3-7-23/h4-5,8-14,17-18,23,31H,1-3,6-7,15-16,19H2,(H,30,32). The Morgan fingerprint density at radius 3 is 2.44 bits per heavy atom. The van der Waals surface area contributed by atoms with Crippen LogP contribution in [0.15, 0.2) is 71.6 Å². The second-order valence-electron chi connectivity index (χ2n) is 9.93. The Kier molecular flexibility index (Phi) is 6.37. The van der Waals surface area contributed by atoms with E-state index in [1.54, 1.807) is 0 Å². The molecule has 0 radical (unpaired) electrons. The molecule has 1 atom stereocenters. The Morgan fingerprint density at radius 1 is 0.889 bits per heavy atom. The van der Waals surface area contributed by atoms with Gasteiger partial charge in [-0.2, -0.15) is 0 Å². The van der Waals surface area contributed by atoms with Gasteiger partial charge in [0.25, 0.3) is 0 Å². The lowest BCUT2D eigenvalue weighted by Gasteiger charge is -2.23. The number of fused-ring (bicyclic) bond motifs is 1. The van der Waals surface area contributed by atoms with Crippen LogP contribution < -0.4 is 19.5 Å². The fraction of sp³-hybridized carbons (Fsp3) is 0.345. The first-order chi connectivity index (χ1) is 17.6. The number of carbonyl (C=O) groups is 1. The molecule has 3 aromatic carbocycles. The predicted molar refractivity (Wildman–Crippen MR) is 140 cm³/mol. The van der Waals surface area contributed by atoms with Crippen molar-refractivity contribution >= 4 is 23.0 Å². The normalized spacial score (nSPS) is 19.0. The summed E-state index contributed by atoms with van der Waals surface area (Å²) in [5, 5.41) is 3.13. The van der Waals surface area contributed by atoms with Gasteiger partial charge in [0.1, 0.15) is 0 Å². The lowest BCUT2D eigenvalue weighted by molar-refractivity contribution is -0.118. The molecule has 0 aromatic heterocycles. The summed E-state index contributed by atoms with van der Waals surface area (Å²) in [6.07, 6.45) is 7.50. The zero-order chi connectivity index (χ0) is 24.5. The van der Waals surface area contributed by atoms with Gasteiger partial charge in [-0.05, 0) is 90.9 Å². The highest BCUT2D eigenvalue weighted by molar-refractivity contribution is 7.89. The van der Waals surface area contributed by atoms with Gasteiger partial charge >= 0.3 is 0 Å². The molecule has 0 bridgehead atoms. The number of ether oxygens (including phenoxy) is 2. The van der Waals surface area contributed by atoms with Crippen LogP contribution >= 0.6 is 0 Å². The first-order valence-corrected chi connectivity index (χ1v) is 13.9. The highest BCUT2D eigenvalue weighted by atomic mass is 32.2. The maximum absolute atomic E-state index is 13.3. The van der Waals surface area contributed by atoms with Gasteiger partial charge in [0.05, 0.1) is 22.8 Å². The minimum absolute atomic E-state index is 0.00181. The van der Waals surface area contributed by atoms with Crippen LogP contribution in [0.25, 0.3) is 11.1 Å². The summed E-state index contributed by atoms with van der Waals surface area (Å²) in [5.74, 6) is 1.42. The fourth-order valence-corrected chi connectivity index (χ4v) is 6.26. The van der Waals surface area contributed by atoms with Gasteiger partial charge < -0.3 is 19.3 Å². The summed E-state index contributed by atoms with van der Waals surface area (Å²) in [6, 6.07) is 21.8. The minimum atomic E-state index is -1.20. The molecule has 36 heavy (non-hydrogen) atoms. The van der Waals surface area contributed by atoms with Gasteiger partial charge in [-0.15, -0.1) is 4.72 Å². The Bertz CT molecular complexity index is 1250. The second kappa shape index (κ2) is 9.81. The van der Waals surface area contributed by atoms with E-state index in [9.17, 15) is 9.35 Å². The molecule has 1 aliphatic heterocycles. The van der Waals surface area contributed by atoms with Crippen molar-refractivity contribution in [3.05, 3.63) is 72.3 Å². The van der Waals surface area contributed by atoms with Crippen molar-refractivity contribution in [3.63, 3.8) is 0 Å². The van der Waals surface area contributed by atoms with Gasteiger partial charge in [-0.1, -0.05) is 37.5 Å². The summed E-state index contributed by atoms with van der Waals surface area (Å²) < 4.78 is 27.0. The average Bonchev–Trinajstić information content (AvgIpc) is 3.60. The molecule has 7 heteroatoms. The van der Waals surface area contributed by atoms with E-state index in [1.807, 2.05) is 66.7 Å². The van der Waals surface area contributed by atoms with Crippen molar-refractivity contribution in [3.8, 4) is 22.6 Å². The Balaban J connectivity index is 1.13. The average molecular weight is 503 g/mol. The van der Waals surface area contributed by atoms with Crippen LogP contribution in [-0.2, 0) is 21.6 Å². The number of amides is 1. The monoisotopic (exact) mass is 502 g/mol. The molecule has 6 rings (SSSR count). The molecule has 0 saturated heterocycles. The van der Waals surface area contributed by atoms with E-state index in [4.69, 9.17) is 9.47 Å². The maximum Gasteiger partial charge on any atom is 0.235 e.